The molecule has 1 heterocycles. The zero-order valence-corrected chi connectivity index (χ0v) is 15.2. The minimum absolute atomic E-state index is 0.179. The summed E-state index contributed by atoms with van der Waals surface area (Å²) < 4.78 is 5.27. The third kappa shape index (κ3) is 2.88. The molecule has 6 nitrogen and oxygen atoms in total. The first-order valence-electron chi connectivity index (χ1n) is 9.24. The van der Waals surface area contributed by atoms with Gasteiger partial charge in [-0.2, -0.15) is 0 Å². The lowest BCUT2D eigenvalue weighted by atomic mass is 9.60. The summed E-state index contributed by atoms with van der Waals surface area (Å²) >= 11 is 0. The third-order valence-corrected chi connectivity index (χ3v) is 6.06. The van der Waals surface area contributed by atoms with Crippen LogP contribution in [-0.4, -0.2) is 28.2 Å². The van der Waals surface area contributed by atoms with E-state index in [0.717, 1.165) is 5.75 Å². The highest BCUT2D eigenvalue weighted by molar-refractivity contribution is 5.34. The molecule has 0 saturated heterocycles. The number of methoxy groups -OCH3 is 1. The molecular formula is C20H25N3O3. The van der Waals surface area contributed by atoms with Crippen LogP contribution in [-0.2, 0) is 6.54 Å². The maximum absolute atomic E-state index is 12.1. The number of H-pyrrole nitrogens is 1. The number of aromatic nitrogens is 2. The maximum Gasteiger partial charge on any atom is 0.259 e. The molecule has 4 rings (SSSR count). The molecule has 2 aromatic rings. The Hall–Kier alpha value is -2.34. The van der Waals surface area contributed by atoms with Crippen molar-refractivity contribution >= 4 is 0 Å². The number of ether oxygens (including phenoxy) is 1. The Balaban J connectivity index is 1.53. The fourth-order valence-electron chi connectivity index (χ4n) is 4.83. The monoisotopic (exact) mass is 355 g/mol. The lowest BCUT2D eigenvalue weighted by Gasteiger charge is -2.50. The number of aromatic hydroxyl groups is 1. The van der Waals surface area contributed by atoms with Crippen molar-refractivity contribution < 1.29 is 9.84 Å². The molecule has 26 heavy (non-hydrogen) atoms. The second kappa shape index (κ2) is 6.76. The van der Waals surface area contributed by atoms with E-state index in [-0.39, 0.29) is 11.4 Å². The molecule has 3 N–H and O–H groups in total. The van der Waals surface area contributed by atoms with Gasteiger partial charge in [-0.15, -0.1) is 0 Å². The van der Waals surface area contributed by atoms with Crippen molar-refractivity contribution in [2.45, 2.75) is 44.7 Å². The van der Waals surface area contributed by atoms with Crippen LogP contribution in [0.1, 0.15) is 42.1 Å². The van der Waals surface area contributed by atoms with E-state index in [4.69, 9.17) is 4.74 Å². The molecule has 1 aromatic heterocycles. The van der Waals surface area contributed by atoms with Gasteiger partial charge < -0.3 is 20.1 Å². The number of fused-ring (bicyclic) bond motifs is 1. The minimum Gasteiger partial charge on any atom is -0.497 e. The molecule has 0 radical (unpaired) electrons. The quantitative estimate of drug-likeness (QED) is 0.767. The summed E-state index contributed by atoms with van der Waals surface area (Å²) in [7, 11) is 1.68. The molecule has 2 saturated carbocycles. The number of nitrogens with zero attached hydrogens (tertiary/aromatic N) is 1. The molecule has 138 valence electrons. The van der Waals surface area contributed by atoms with Crippen molar-refractivity contribution in [1.82, 2.24) is 15.3 Å². The molecule has 2 fully saturated rings. The van der Waals surface area contributed by atoms with Gasteiger partial charge in [0.15, 0.2) is 0 Å². The number of hydrogen-bond acceptors (Lipinski definition) is 5. The SMILES string of the molecule is COc1ccc([C@@H]2C3CCCC3[C@H]2NCc2c(O)nc(C)[nH]c2=O)cc1. The molecule has 4 atom stereocenters. The second-order valence-electron chi connectivity index (χ2n) is 7.42. The van der Waals surface area contributed by atoms with E-state index >= 15 is 0 Å². The van der Waals surface area contributed by atoms with Gasteiger partial charge >= 0.3 is 0 Å². The standard InChI is InChI=1S/C20H25N3O3/c1-11-22-19(24)16(20(25)23-11)10-21-18-15-5-3-4-14(15)17(18)12-6-8-13(26-2)9-7-12/h6-9,14-15,17-18,21H,3-5,10H2,1-2H3,(H2,22,23,24,25)/t14?,15?,17-,18-/m1/s1. The Morgan fingerprint density at radius 1 is 1.27 bits per heavy atom. The molecule has 2 unspecified atom stereocenters. The van der Waals surface area contributed by atoms with Crippen molar-refractivity contribution in [1.29, 1.82) is 0 Å². The van der Waals surface area contributed by atoms with Gasteiger partial charge in [-0.1, -0.05) is 18.6 Å². The molecule has 0 aliphatic heterocycles. The average molecular weight is 355 g/mol. The van der Waals surface area contributed by atoms with Crippen LogP contribution in [0.5, 0.6) is 11.6 Å². The van der Waals surface area contributed by atoms with Crippen molar-refractivity contribution in [2.24, 2.45) is 11.8 Å². The first-order chi connectivity index (χ1) is 12.6. The van der Waals surface area contributed by atoms with Gasteiger partial charge in [0.2, 0.25) is 5.88 Å². The van der Waals surface area contributed by atoms with Crippen LogP contribution in [0.15, 0.2) is 29.1 Å². The zero-order valence-electron chi connectivity index (χ0n) is 15.2. The lowest BCUT2D eigenvalue weighted by molar-refractivity contribution is 0.0937. The number of hydrogen-bond donors (Lipinski definition) is 3. The number of rotatable bonds is 5. The van der Waals surface area contributed by atoms with E-state index in [9.17, 15) is 9.90 Å². The van der Waals surface area contributed by atoms with E-state index in [1.165, 1.54) is 24.8 Å². The summed E-state index contributed by atoms with van der Waals surface area (Å²) in [6, 6.07) is 8.62. The highest BCUT2D eigenvalue weighted by Crippen LogP contribution is 2.56. The summed E-state index contributed by atoms with van der Waals surface area (Å²) in [4.78, 5) is 18.7. The van der Waals surface area contributed by atoms with Crippen LogP contribution in [0.2, 0.25) is 0 Å². The fraction of sp³-hybridized carbons (Fsp3) is 0.500. The summed E-state index contributed by atoms with van der Waals surface area (Å²) in [6.45, 7) is 1.99. The van der Waals surface area contributed by atoms with Crippen molar-refractivity contribution in [3.63, 3.8) is 0 Å². The second-order valence-corrected chi connectivity index (χ2v) is 7.42. The first-order valence-corrected chi connectivity index (χ1v) is 9.24. The van der Waals surface area contributed by atoms with Gasteiger partial charge in [-0.3, -0.25) is 4.79 Å². The third-order valence-electron chi connectivity index (χ3n) is 6.06. The summed E-state index contributed by atoms with van der Waals surface area (Å²) in [5.74, 6) is 2.88. The summed E-state index contributed by atoms with van der Waals surface area (Å²) in [6.07, 6.45) is 3.75. The number of benzene rings is 1. The highest BCUT2D eigenvalue weighted by Gasteiger charge is 2.52. The molecular weight excluding hydrogens is 330 g/mol. The van der Waals surface area contributed by atoms with Crippen LogP contribution in [0.4, 0.5) is 0 Å². The van der Waals surface area contributed by atoms with E-state index in [0.29, 0.717) is 41.7 Å². The van der Waals surface area contributed by atoms with Crippen LogP contribution >= 0.6 is 0 Å². The smallest absolute Gasteiger partial charge is 0.259 e. The van der Waals surface area contributed by atoms with E-state index in [1.54, 1.807) is 14.0 Å². The maximum atomic E-state index is 12.1. The van der Waals surface area contributed by atoms with Crippen molar-refractivity contribution in [2.75, 3.05) is 7.11 Å². The summed E-state index contributed by atoms with van der Waals surface area (Å²) in [5, 5.41) is 13.6. The predicted molar refractivity (Wildman–Crippen MR) is 98.5 cm³/mol. The largest absolute Gasteiger partial charge is 0.497 e. The Labute approximate surface area is 152 Å². The normalized spacial score (nSPS) is 27.0. The molecule has 0 bridgehead atoms. The van der Waals surface area contributed by atoms with Gasteiger partial charge in [0.25, 0.3) is 5.56 Å². The summed E-state index contributed by atoms with van der Waals surface area (Å²) in [5.41, 5.74) is 1.35. The van der Waals surface area contributed by atoms with Crippen LogP contribution < -0.4 is 15.6 Å². The van der Waals surface area contributed by atoms with Gasteiger partial charge in [0.05, 0.1) is 12.7 Å². The Morgan fingerprint density at radius 2 is 2.00 bits per heavy atom. The molecule has 6 heteroatoms. The fourth-order valence-corrected chi connectivity index (χ4v) is 4.83. The molecule has 1 aromatic carbocycles. The highest BCUT2D eigenvalue weighted by atomic mass is 16.5. The Bertz CT molecular complexity index is 846. The Kier molecular flexibility index (Phi) is 4.44. The van der Waals surface area contributed by atoms with Gasteiger partial charge in [-0.05, 0) is 49.3 Å². The number of aromatic amines is 1. The van der Waals surface area contributed by atoms with Crippen LogP contribution in [0.25, 0.3) is 0 Å². The number of aryl methyl sites for hydroxylation is 1. The van der Waals surface area contributed by atoms with E-state index in [2.05, 4.69) is 27.4 Å². The topological polar surface area (TPSA) is 87.2 Å². The Morgan fingerprint density at radius 3 is 2.69 bits per heavy atom. The van der Waals surface area contributed by atoms with Gasteiger partial charge in [-0.25, -0.2) is 4.98 Å². The van der Waals surface area contributed by atoms with Crippen molar-refractivity contribution in [3.05, 3.63) is 51.6 Å². The molecule has 0 spiro atoms. The minimum atomic E-state index is -0.272. The van der Waals surface area contributed by atoms with Gasteiger partial charge in [0.1, 0.15) is 11.6 Å². The van der Waals surface area contributed by atoms with Gasteiger partial charge in [0, 0.05) is 18.5 Å². The molecule has 2 aliphatic carbocycles. The van der Waals surface area contributed by atoms with E-state index < -0.39 is 0 Å². The first kappa shape index (κ1) is 17.1. The molecule has 0 amide bonds. The number of nitrogens with one attached hydrogen (secondary N) is 2. The lowest BCUT2D eigenvalue weighted by Crippen LogP contribution is -2.54. The predicted octanol–water partition coefficient (Wildman–Crippen LogP) is 2.46. The van der Waals surface area contributed by atoms with E-state index in [1.807, 2.05) is 12.1 Å². The van der Waals surface area contributed by atoms with Crippen LogP contribution in [0.3, 0.4) is 0 Å². The average Bonchev–Trinajstić information content (AvgIpc) is 3.01. The van der Waals surface area contributed by atoms with Crippen LogP contribution in [0, 0.1) is 18.8 Å². The zero-order chi connectivity index (χ0) is 18.3. The molecule has 2 aliphatic rings. The van der Waals surface area contributed by atoms with Crippen molar-refractivity contribution in [3.8, 4) is 11.6 Å².